The molecule has 0 bridgehead atoms. The predicted octanol–water partition coefficient (Wildman–Crippen LogP) is 4.83. The Morgan fingerprint density at radius 1 is 1.06 bits per heavy atom. The van der Waals surface area contributed by atoms with Crippen molar-refractivity contribution in [3.63, 3.8) is 0 Å². The third kappa shape index (κ3) is 4.59. The number of carbonyl (C=O) groups excluding carboxylic acids is 2. The van der Waals surface area contributed by atoms with E-state index in [-0.39, 0.29) is 18.9 Å². The van der Waals surface area contributed by atoms with Crippen LogP contribution >= 0.6 is 11.8 Å². The first-order valence-electron chi connectivity index (χ1n) is 11.0. The lowest BCUT2D eigenvalue weighted by Gasteiger charge is -2.37. The molecule has 0 N–H and O–H groups in total. The van der Waals surface area contributed by atoms with Crippen LogP contribution in [0.4, 0.5) is 0 Å². The first-order valence-corrected chi connectivity index (χ1v) is 11.9. The third-order valence-electron chi connectivity index (χ3n) is 5.70. The number of amidine groups is 1. The summed E-state index contributed by atoms with van der Waals surface area (Å²) in [6, 6.07) is 19.1. The van der Waals surface area contributed by atoms with E-state index in [0.717, 1.165) is 22.0 Å². The molecule has 2 aromatic rings. The lowest BCUT2D eigenvalue weighted by Crippen LogP contribution is -2.38. The summed E-state index contributed by atoms with van der Waals surface area (Å²) in [5.41, 5.74) is 3.69. The maximum Gasteiger partial charge on any atom is 0.338 e. The van der Waals surface area contributed by atoms with Crippen LogP contribution in [-0.4, -0.2) is 47.0 Å². The highest BCUT2D eigenvalue weighted by Gasteiger charge is 2.42. The van der Waals surface area contributed by atoms with Crippen molar-refractivity contribution < 1.29 is 14.3 Å². The van der Waals surface area contributed by atoms with Gasteiger partial charge in [-0.25, -0.2) is 9.79 Å². The molecular formula is C26H27N3O3S. The Labute approximate surface area is 198 Å². The van der Waals surface area contributed by atoms with E-state index < -0.39 is 12.0 Å². The predicted molar refractivity (Wildman–Crippen MR) is 132 cm³/mol. The van der Waals surface area contributed by atoms with Crippen molar-refractivity contribution in [3.8, 4) is 0 Å². The Kier molecular flexibility index (Phi) is 6.99. The van der Waals surface area contributed by atoms with Crippen LogP contribution in [0.25, 0.3) is 5.70 Å². The Balaban J connectivity index is 1.87. The number of benzene rings is 2. The summed E-state index contributed by atoms with van der Waals surface area (Å²) in [7, 11) is 1.79. The minimum Gasteiger partial charge on any atom is -0.463 e. The highest BCUT2D eigenvalue weighted by molar-refractivity contribution is 8.16. The fraction of sp³-hybridized carbons (Fsp3) is 0.269. The van der Waals surface area contributed by atoms with E-state index in [4.69, 9.17) is 9.73 Å². The maximum absolute atomic E-state index is 13.4. The number of amides is 1. The molecule has 1 atom stereocenters. The number of fused-ring (bicyclic) bond motifs is 1. The van der Waals surface area contributed by atoms with Gasteiger partial charge in [0.05, 0.1) is 30.3 Å². The lowest BCUT2D eigenvalue weighted by atomic mass is 9.91. The van der Waals surface area contributed by atoms with Gasteiger partial charge in [0.25, 0.3) is 0 Å². The van der Waals surface area contributed by atoms with Crippen molar-refractivity contribution in [1.82, 2.24) is 9.80 Å². The van der Waals surface area contributed by atoms with Gasteiger partial charge in [-0.3, -0.25) is 4.79 Å². The second-order valence-corrected chi connectivity index (χ2v) is 8.57. The van der Waals surface area contributed by atoms with E-state index in [1.54, 1.807) is 18.9 Å². The minimum absolute atomic E-state index is 0.0212. The van der Waals surface area contributed by atoms with Crippen LogP contribution in [0.1, 0.15) is 37.4 Å². The van der Waals surface area contributed by atoms with Gasteiger partial charge < -0.3 is 14.5 Å². The van der Waals surface area contributed by atoms with Crippen LogP contribution in [-0.2, 0) is 14.3 Å². The molecule has 6 nitrogen and oxygen atoms in total. The summed E-state index contributed by atoms with van der Waals surface area (Å²) >= 11 is 1.48. The van der Waals surface area contributed by atoms with Crippen LogP contribution in [0.15, 0.2) is 82.3 Å². The van der Waals surface area contributed by atoms with Crippen LogP contribution in [0.5, 0.6) is 0 Å². The number of hydrogen-bond acceptors (Lipinski definition) is 6. The van der Waals surface area contributed by atoms with E-state index in [1.807, 2.05) is 77.9 Å². The van der Waals surface area contributed by atoms with E-state index in [9.17, 15) is 9.59 Å². The van der Waals surface area contributed by atoms with Crippen molar-refractivity contribution in [3.05, 3.63) is 88.5 Å². The highest BCUT2D eigenvalue weighted by atomic mass is 32.2. The van der Waals surface area contributed by atoms with Crippen LogP contribution in [0.3, 0.4) is 0 Å². The number of ether oxygens (including phenoxy) is 1. The molecule has 1 amide bonds. The van der Waals surface area contributed by atoms with Crippen molar-refractivity contribution in [2.24, 2.45) is 4.99 Å². The van der Waals surface area contributed by atoms with E-state index in [0.29, 0.717) is 17.8 Å². The second-order valence-electron chi connectivity index (χ2n) is 7.74. The number of rotatable bonds is 7. The molecular weight excluding hydrogens is 434 g/mol. The molecule has 0 aliphatic carbocycles. The highest BCUT2D eigenvalue weighted by Crippen LogP contribution is 2.47. The molecule has 0 saturated carbocycles. The molecule has 2 aliphatic heterocycles. The Morgan fingerprint density at radius 3 is 2.36 bits per heavy atom. The zero-order chi connectivity index (χ0) is 23.4. The van der Waals surface area contributed by atoms with E-state index >= 15 is 0 Å². The van der Waals surface area contributed by atoms with Crippen molar-refractivity contribution in [2.75, 3.05) is 20.2 Å². The minimum atomic E-state index is -0.450. The molecule has 0 radical (unpaired) electrons. The molecule has 170 valence electrons. The Bertz CT molecular complexity index is 1130. The quantitative estimate of drug-likeness (QED) is 0.553. The van der Waals surface area contributed by atoms with Gasteiger partial charge in [0, 0.05) is 24.9 Å². The molecule has 4 rings (SSSR count). The lowest BCUT2D eigenvalue weighted by molar-refractivity contribution is -0.139. The van der Waals surface area contributed by atoms with Crippen molar-refractivity contribution in [2.45, 2.75) is 26.3 Å². The van der Waals surface area contributed by atoms with Crippen molar-refractivity contribution in [1.29, 1.82) is 0 Å². The molecule has 0 spiro atoms. The molecule has 33 heavy (non-hydrogen) atoms. The standard InChI is InChI=1S/C26H27N3O3S/c1-4-28(3)21(30)16-20-17-33-26-27-23(18-12-8-6-9-13-18)22(25(31)32-5-2)24(29(20)26)19-14-10-7-11-15-19/h6-15,17,24H,4-5,16H2,1-3H3/t24-/m0/s1. The zero-order valence-corrected chi connectivity index (χ0v) is 19.8. The van der Waals surface area contributed by atoms with E-state index in [2.05, 4.69) is 0 Å². The summed E-state index contributed by atoms with van der Waals surface area (Å²) in [5, 5.41) is 2.71. The van der Waals surface area contributed by atoms with Gasteiger partial charge in [-0.05, 0) is 24.8 Å². The number of esters is 1. The SMILES string of the molecule is CCOC(=O)C1=C(c2ccccc2)N=C2SC=C(CC(=O)N(C)CC)N2[C@H]1c1ccccc1. The third-order valence-corrected chi connectivity index (χ3v) is 6.59. The monoisotopic (exact) mass is 461 g/mol. The van der Waals surface area contributed by atoms with E-state index in [1.165, 1.54) is 11.8 Å². The fourth-order valence-corrected chi connectivity index (χ4v) is 4.82. The molecule has 2 aliphatic rings. The summed E-state index contributed by atoms with van der Waals surface area (Å²) in [6.45, 7) is 4.64. The fourth-order valence-electron chi connectivity index (χ4n) is 3.91. The number of aliphatic imine (C=N–C) groups is 1. The number of carbonyl (C=O) groups is 2. The summed E-state index contributed by atoms with van der Waals surface area (Å²) in [6.07, 6.45) is 0.233. The normalized spacial score (nSPS) is 17.3. The average Bonchev–Trinajstić information content (AvgIpc) is 3.25. The zero-order valence-electron chi connectivity index (χ0n) is 19.0. The Morgan fingerprint density at radius 2 is 1.73 bits per heavy atom. The number of thioether (sulfide) groups is 1. The first-order chi connectivity index (χ1) is 16.0. The van der Waals surface area contributed by atoms with Crippen LogP contribution in [0.2, 0.25) is 0 Å². The topological polar surface area (TPSA) is 62.2 Å². The molecule has 0 unspecified atom stereocenters. The maximum atomic E-state index is 13.4. The smallest absolute Gasteiger partial charge is 0.338 e. The van der Waals surface area contributed by atoms with Gasteiger partial charge in [-0.2, -0.15) is 0 Å². The van der Waals surface area contributed by atoms with Gasteiger partial charge in [-0.15, -0.1) is 0 Å². The summed E-state index contributed by atoms with van der Waals surface area (Å²) in [5.74, 6) is -0.380. The molecule has 7 heteroatoms. The van der Waals surface area contributed by atoms with Gasteiger partial charge in [0.1, 0.15) is 0 Å². The molecule has 0 saturated heterocycles. The van der Waals surface area contributed by atoms with Gasteiger partial charge in [-0.1, -0.05) is 72.4 Å². The molecule has 2 aromatic carbocycles. The van der Waals surface area contributed by atoms with Crippen LogP contribution < -0.4 is 0 Å². The average molecular weight is 462 g/mol. The summed E-state index contributed by atoms with van der Waals surface area (Å²) < 4.78 is 5.51. The largest absolute Gasteiger partial charge is 0.463 e. The van der Waals surface area contributed by atoms with Crippen molar-refractivity contribution >= 4 is 34.5 Å². The molecule has 0 fully saturated rings. The second kappa shape index (κ2) is 10.1. The number of nitrogens with zero attached hydrogens (tertiary/aromatic N) is 3. The summed E-state index contributed by atoms with van der Waals surface area (Å²) in [4.78, 5) is 34.7. The first kappa shape index (κ1) is 22.9. The van der Waals surface area contributed by atoms with Gasteiger partial charge >= 0.3 is 5.97 Å². The van der Waals surface area contributed by atoms with Gasteiger partial charge in [0.15, 0.2) is 5.17 Å². The molecule has 2 heterocycles. The Hall–Kier alpha value is -3.32. The van der Waals surface area contributed by atoms with Gasteiger partial charge in [0.2, 0.25) is 5.91 Å². The van der Waals surface area contributed by atoms with Crippen LogP contribution in [0, 0.1) is 0 Å². The molecule has 0 aromatic heterocycles. The number of hydrogen-bond donors (Lipinski definition) is 0.